The largest absolute Gasteiger partial charge is 0.495 e. The number of aryl methyl sites for hydroxylation is 1. The molecule has 0 fully saturated rings. The van der Waals surface area contributed by atoms with Crippen molar-refractivity contribution in [1.29, 1.82) is 0 Å². The van der Waals surface area contributed by atoms with Crippen LogP contribution in [0.3, 0.4) is 0 Å². The van der Waals surface area contributed by atoms with E-state index >= 15 is 0 Å². The fraction of sp³-hybridized carbons (Fsp3) is 0.320. The summed E-state index contributed by atoms with van der Waals surface area (Å²) in [6, 6.07) is 12.5. The van der Waals surface area contributed by atoms with Gasteiger partial charge in [-0.3, -0.25) is 9.78 Å². The molecule has 0 saturated carbocycles. The van der Waals surface area contributed by atoms with Gasteiger partial charge in [-0.05, 0) is 55.5 Å². The number of aromatic nitrogens is 1. The number of esters is 1. The Balaban J connectivity index is 1.54. The zero-order valence-corrected chi connectivity index (χ0v) is 18.7. The summed E-state index contributed by atoms with van der Waals surface area (Å²) in [6.45, 7) is -0.395. The van der Waals surface area contributed by atoms with E-state index in [0.29, 0.717) is 22.0 Å². The van der Waals surface area contributed by atoms with Gasteiger partial charge in [0.15, 0.2) is 6.61 Å². The van der Waals surface area contributed by atoms with Gasteiger partial charge in [0.1, 0.15) is 5.75 Å². The average Bonchev–Trinajstić information content (AvgIpc) is 2.77. The van der Waals surface area contributed by atoms with Crippen molar-refractivity contribution < 1.29 is 19.1 Å². The number of nitrogens with zero attached hydrogens (tertiary/aromatic N) is 1. The number of carbonyl (C=O) groups excluding carboxylic acids is 2. The Labute approximate surface area is 191 Å². The van der Waals surface area contributed by atoms with Crippen molar-refractivity contribution in [1.82, 2.24) is 4.98 Å². The standard InChI is InChI=1S/C25H25ClN2O4/c1-31-22-13-12-16(14-19(22)26)27-23(29)15-32-25(30)24-17-8-4-2-3-5-10-20(17)28-21-11-7-6-9-18(21)24/h6-7,9,11-14H,2-5,8,10,15H2,1H3,(H,27,29). The number of hydrogen-bond acceptors (Lipinski definition) is 5. The predicted octanol–water partition coefficient (Wildman–Crippen LogP) is 5.35. The van der Waals surface area contributed by atoms with Crippen molar-refractivity contribution in [3.05, 3.63) is 64.3 Å². The first-order valence-corrected chi connectivity index (χ1v) is 11.2. The smallest absolute Gasteiger partial charge is 0.339 e. The monoisotopic (exact) mass is 452 g/mol. The molecule has 0 radical (unpaired) electrons. The van der Waals surface area contributed by atoms with E-state index < -0.39 is 18.5 Å². The van der Waals surface area contributed by atoms with Gasteiger partial charge in [-0.2, -0.15) is 0 Å². The van der Waals surface area contributed by atoms with E-state index in [9.17, 15) is 9.59 Å². The number of carbonyl (C=O) groups is 2. The molecule has 32 heavy (non-hydrogen) atoms. The topological polar surface area (TPSA) is 77.5 Å². The molecule has 0 atom stereocenters. The molecule has 0 bridgehead atoms. The van der Waals surface area contributed by atoms with Crippen LogP contribution in [-0.4, -0.2) is 30.6 Å². The number of methoxy groups -OCH3 is 1. The zero-order valence-electron chi connectivity index (χ0n) is 17.9. The first-order chi connectivity index (χ1) is 15.6. The number of anilines is 1. The molecule has 4 rings (SSSR count). The Morgan fingerprint density at radius 1 is 1.06 bits per heavy atom. The van der Waals surface area contributed by atoms with E-state index in [4.69, 9.17) is 26.1 Å². The minimum Gasteiger partial charge on any atom is -0.495 e. The lowest BCUT2D eigenvalue weighted by Crippen LogP contribution is -2.22. The van der Waals surface area contributed by atoms with Crippen molar-refractivity contribution in [2.75, 3.05) is 19.0 Å². The molecular weight excluding hydrogens is 428 g/mol. The van der Waals surface area contributed by atoms with Crippen molar-refractivity contribution >= 4 is 40.1 Å². The summed E-state index contributed by atoms with van der Waals surface area (Å²) in [5.74, 6) is -0.429. The van der Waals surface area contributed by atoms with E-state index in [0.717, 1.165) is 54.3 Å². The molecule has 0 saturated heterocycles. The number of hydrogen-bond donors (Lipinski definition) is 1. The van der Waals surface area contributed by atoms with Gasteiger partial charge >= 0.3 is 5.97 Å². The van der Waals surface area contributed by atoms with E-state index in [1.54, 1.807) is 18.2 Å². The molecule has 1 aromatic heterocycles. The summed E-state index contributed by atoms with van der Waals surface area (Å²) in [7, 11) is 1.52. The Kier molecular flexibility index (Phi) is 6.90. The molecular formula is C25H25ClN2O4. The molecule has 0 aliphatic heterocycles. The summed E-state index contributed by atoms with van der Waals surface area (Å²) in [5.41, 5.74) is 3.73. The number of rotatable bonds is 5. The lowest BCUT2D eigenvalue weighted by molar-refractivity contribution is -0.119. The average molecular weight is 453 g/mol. The van der Waals surface area contributed by atoms with Crippen molar-refractivity contribution in [3.63, 3.8) is 0 Å². The number of amides is 1. The van der Waals surface area contributed by atoms with Gasteiger partial charge in [-0.25, -0.2) is 4.79 Å². The lowest BCUT2D eigenvalue weighted by atomic mass is 9.91. The third-order valence-corrected chi connectivity index (χ3v) is 5.94. The highest BCUT2D eigenvalue weighted by atomic mass is 35.5. The normalized spacial score (nSPS) is 13.6. The summed E-state index contributed by atoms with van der Waals surface area (Å²) < 4.78 is 10.6. The molecule has 1 amide bonds. The Hall–Kier alpha value is -3.12. The minimum atomic E-state index is -0.497. The molecule has 1 aliphatic carbocycles. The molecule has 6 nitrogen and oxygen atoms in total. The van der Waals surface area contributed by atoms with Crippen LogP contribution in [-0.2, 0) is 22.4 Å². The second-order valence-corrected chi connectivity index (χ2v) is 8.22. The highest BCUT2D eigenvalue weighted by Crippen LogP contribution is 2.29. The third kappa shape index (κ3) is 4.86. The Morgan fingerprint density at radius 3 is 2.62 bits per heavy atom. The van der Waals surface area contributed by atoms with Gasteiger partial charge in [0.2, 0.25) is 0 Å². The third-order valence-electron chi connectivity index (χ3n) is 5.64. The van der Waals surface area contributed by atoms with Crippen LogP contribution in [0.25, 0.3) is 10.9 Å². The molecule has 2 aromatic carbocycles. The van der Waals surface area contributed by atoms with Crippen LogP contribution in [0.2, 0.25) is 5.02 Å². The molecule has 166 valence electrons. The molecule has 3 aromatic rings. The van der Waals surface area contributed by atoms with Crippen molar-refractivity contribution in [3.8, 4) is 5.75 Å². The molecule has 1 aliphatic rings. The van der Waals surface area contributed by atoms with Crippen LogP contribution in [0.15, 0.2) is 42.5 Å². The quantitative estimate of drug-likeness (QED) is 0.528. The maximum atomic E-state index is 13.2. The van der Waals surface area contributed by atoms with E-state index in [1.807, 2.05) is 24.3 Å². The summed E-state index contributed by atoms with van der Waals surface area (Å²) in [6.07, 6.45) is 6.00. The molecule has 1 N–H and O–H groups in total. The fourth-order valence-electron chi connectivity index (χ4n) is 4.10. The van der Waals surface area contributed by atoms with Crippen LogP contribution in [0, 0.1) is 0 Å². The number of nitrogens with one attached hydrogen (secondary N) is 1. The van der Waals surface area contributed by atoms with Gasteiger partial charge in [0, 0.05) is 16.8 Å². The highest BCUT2D eigenvalue weighted by Gasteiger charge is 2.23. The van der Waals surface area contributed by atoms with Crippen molar-refractivity contribution in [2.24, 2.45) is 0 Å². The van der Waals surface area contributed by atoms with Crippen LogP contribution in [0.5, 0.6) is 5.75 Å². The van der Waals surface area contributed by atoms with Gasteiger partial charge < -0.3 is 14.8 Å². The summed E-state index contributed by atoms with van der Waals surface area (Å²) in [5, 5.41) is 3.83. The Morgan fingerprint density at radius 2 is 1.84 bits per heavy atom. The second-order valence-electron chi connectivity index (χ2n) is 7.82. The molecule has 1 heterocycles. The number of halogens is 1. The Bertz CT molecular complexity index is 1160. The highest BCUT2D eigenvalue weighted by molar-refractivity contribution is 6.32. The zero-order chi connectivity index (χ0) is 22.5. The molecule has 0 unspecified atom stereocenters. The second kappa shape index (κ2) is 10.0. The number of benzene rings is 2. The van der Waals surface area contributed by atoms with Gasteiger partial charge in [0.25, 0.3) is 5.91 Å². The van der Waals surface area contributed by atoms with Crippen molar-refractivity contribution in [2.45, 2.75) is 38.5 Å². The molecule has 0 spiro atoms. The number of para-hydroxylation sites is 1. The SMILES string of the molecule is COc1ccc(NC(=O)COC(=O)c2c3c(nc4ccccc24)CCCCCC3)cc1Cl. The van der Waals surface area contributed by atoms with Gasteiger partial charge in [-0.15, -0.1) is 0 Å². The van der Waals surface area contributed by atoms with Crippen LogP contribution < -0.4 is 10.1 Å². The van der Waals surface area contributed by atoms with Crippen LogP contribution >= 0.6 is 11.6 Å². The van der Waals surface area contributed by atoms with Crippen LogP contribution in [0.1, 0.15) is 47.3 Å². The van der Waals surface area contributed by atoms with E-state index in [-0.39, 0.29) is 0 Å². The number of fused-ring (bicyclic) bond motifs is 2. The van der Waals surface area contributed by atoms with Crippen LogP contribution in [0.4, 0.5) is 5.69 Å². The molecule has 7 heteroatoms. The first kappa shape index (κ1) is 22.1. The van der Waals surface area contributed by atoms with E-state index in [1.165, 1.54) is 13.5 Å². The number of pyridine rings is 1. The van der Waals surface area contributed by atoms with E-state index in [2.05, 4.69) is 5.32 Å². The van der Waals surface area contributed by atoms with Gasteiger partial charge in [-0.1, -0.05) is 42.6 Å². The first-order valence-electron chi connectivity index (χ1n) is 10.8. The predicted molar refractivity (Wildman–Crippen MR) is 125 cm³/mol. The lowest BCUT2D eigenvalue weighted by Gasteiger charge is -2.18. The maximum absolute atomic E-state index is 13.2. The summed E-state index contributed by atoms with van der Waals surface area (Å²) in [4.78, 5) is 30.4. The summed E-state index contributed by atoms with van der Waals surface area (Å²) >= 11 is 6.10. The van der Waals surface area contributed by atoms with Gasteiger partial charge in [0.05, 0.1) is 23.2 Å². The maximum Gasteiger partial charge on any atom is 0.339 e. The fourth-order valence-corrected chi connectivity index (χ4v) is 4.36. The number of ether oxygens (including phenoxy) is 2. The minimum absolute atomic E-state index is 0.379.